The highest BCUT2D eigenvalue weighted by molar-refractivity contribution is 7.99. The summed E-state index contributed by atoms with van der Waals surface area (Å²) in [4.78, 5) is 25.7. The number of nitrogens with one attached hydrogen (secondary N) is 1. The van der Waals surface area contributed by atoms with Gasteiger partial charge in [-0.05, 0) is 42.0 Å². The van der Waals surface area contributed by atoms with Crippen LogP contribution in [0.3, 0.4) is 0 Å². The van der Waals surface area contributed by atoms with E-state index in [1.807, 2.05) is 12.1 Å². The van der Waals surface area contributed by atoms with Crippen molar-refractivity contribution >= 4 is 29.3 Å². The maximum absolute atomic E-state index is 12.9. The molecule has 6 nitrogen and oxygen atoms in total. The van der Waals surface area contributed by atoms with Crippen LogP contribution in [-0.2, 0) is 10.5 Å². The van der Waals surface area contributed by atoms with Crippen molar-refractivity contribution in [1.29, 1.82) is 0 Å². The fraction of sp³-hybridized carbons (Fsp3) is 0.300. The molecule has 150 valence electrons. The van der Waals surface area contributed by atoms with Gasteiger partial charge in [0.2, 0.25) is 5.91 Å². The van der Waals surface area contributed by atoms with Crippen molar-refractivity contribution in [3.63, 3.8) is 0 Å². The molecule has 0 aliphatic rings. The average Bonchev–Trinajstić information content (AvgIpc) is 2.69. The molecular weight excluding hydrogens is 383 g/mol. The molecule has 2 aromatic carbocycles. The maximum Gasteiger partial charge on any atom is 0.254 e. The van der Waals surface area contributed by atoms with Crippen LogP contribution in [0.1, 0.15) is 15.9 Å². The van der Waals surface area contributed by atoms with Crippen LogP contribution in [0.5, 0.6) is 0 Å². The van der Waals surface area contributed by atoms with Gasteiger partial charge in [0.25, 0.3) is 5.91 Å². The van der Waals surface area contributed by atoms with Crippen LogP contribution in [0.15, 0.2) is 48.5 Å². The predicted octanol–water partition coefficient (Wildman–Crippen LogP) is 2.12. The SMILES string of the molecule is O=C(CSCc1ccc(C(=O)N(CCO)CCO)cc1)Nc1ccc(F)cc1. The highest BCUT2D eigenvalue weighted by Gasteiger charge is 2.14. The third-order valence-corrected chi connectivity index (χ3v) is 4.86. The number of amides is 2. The second kappa shape index (κ2) is 11.4. The van der Waals surface area contributed by atoms with Gasteiger partial charge in [-0.3, -0.25) is 9.59 Å². The van der Waals surface area contributed by atoms with Gasteiger partial charge in [-0.15, -0.1) is 11.8 Å². The van der Waals surface area contributed by atoms with Crippen LogP contribution in [-0.4, -0.2) is 59.0 Å². The number of rotatable bonds is 10. The van der Waals surface area contributed by atoms with E-state index >= 15 is 0 Å². The molecule has 0 heterocycles. The number of carbonyl (C=O) groups excluding carboxylic acids is 2. The molecule has 0 spiro atoms. The lowest BCUT2D eigenvalue weighted by molar-refractivity contribution is -0.113. The molecule has 3 N–H and O–H groups in total. The van der Waals surface area contributed by atoms with Crippen molar-refractivity contribution in [3.05, 3.63) is 65.5 Å². The number of aliphatic hydroxyl groups excluding tert-OH is 2. The van der Waals surface area contributed by atoms with Gasteiger partial charge >= 0.3 is 0 Å². The van der Waals surface area contributed by atoms with Crippen molar-refractivity contribution < 1.29 is 24.2 Å². The quantitative estimate of drug-likeness (QED) is 0.562. The second-order valence-corrected chi connectivity index (χ2v) is 6.97. The zero-order chi connectivity index (χ0) is 20.4. The Labute approximate surface area is 167 Å². The van der Waals surface area contributed by atoms with Crippen molar-refractivity contribution in [2.75, 3.05) is 37.4 Å². The van der Waals surface area contributed by atoms with E-state index < -0.39 is 0 Å². The number of halogens is 1. The van der Waals surface area contributed by atoms with Gasteiger partial charge in [-0.1, -0.05) is 12.1 Å². The zero-order valence-electron chi connectivity index (χ0n) is 15.3. The number of hydrogen-bond acceptors (Lipinski definition) is 5. The fourth-order valence-electron chi connectivity index (χ4n) is 2.47. The molecule has 0 atom stereocenters. The fourth-order valence-corrected chi connectivity index (χ4v) is 3.26. The van der Waals surface area contributed by atoms with Gasteiger partial charge < -0.3 is 20.4 Å². The molecule has 2 rings (SSSR count). The first-order valence-electron chi connectivity index (χ1n) is 8.76. The van der Waals surface area contributed by atoms with Crippen molar-refractivity contribution in [2.24, 2.45) is 0 Å². The Kier molecular flexibility index (Phi) is 8.93. The normalized spacial score (nSPS) is 10.5. The van der Waals surface area contributed by atoms with Crippen LogP contribution in [0.2, 0.25) is 0 Å². The molecule has 2 aromatic rings. The third-order valence-electron chi connectivity index (χ3n) is 3.86. The standard InChI is InChI=1S/C20H23FN2O4S/c21-17-5-7-18(8-6-17)22-19(26)14-28-13-15-1-3-16(4-2-15)20(27)23(9-11-24)10-12-25/h1-8,24-25H,9-14H2,(H,22,26). The molecule has 8 heteroatoms. The summed E-state index contributed by atoms with van der Waals surface area (Å²) < 4.78 is 12.9. The van der Waals surface area contributed by atoms with Gasteiger partial charge in [-0.25, -0.2) is 4.39 Å². The molecule has 0 aliphatic heterocycles. The molecular formula is C20H23FN2O4S. The lowest BCUT2D eigenvalue weighted by Gasteiger charge is -2.20. The summed E-state index contributed by atoms with van der Waals surface area (Å²) in [5.41, 5.74) is 1.99. The van der Waals surface area contributed by atoms with Gasteiger partial charge in [0, 0.05) is 30.1 Å². The number of benzene rings is 2. The van der Waals surface area contributed by atoms with Gasteiger partial charge in [-0.2, -0.15) is 0 Å². The van der Waals surface area contributed by atoms with Gasteiger partial charge in [0.1, 0.15) is 5.82 Å². The molecule has 0 aromatic heterocycles. The summed E-state index contributed by atoms with van der Waals surface area (Å²) in [5.74, 6) is 0.0689. The predicted molar refractivity (Wildman–Crippen MR) is 108 cm³/mol. The molecule has 0 fully saturated rings. The molecule has 28 heavy (non-hydrogen) atoms. The Morgan fingerprint density at radius 3 is 2.14 bits per heavy atom. The topological polar surface area (TPSA) is 89.9 Å². The van der Waals surface area contributed by atoms with Crippen LogP contribution < -0.4 is 5.32 Å². The Morgan fingerprint density at radius 1 is 0.964 bits per heavy atom. The third kappa shape index (κ3) is 6.95. The number of thioether (sulfide) groups is 1. The smallest absolute Gasteiger partial charge is 0.254 e. The summed E-state index contributed by atoms with van der Waals surface area (Å²) in [5, 5.41) is 20.7. The minimum Gasteiger partial charge on any atom is -0.395 e. The first-order chi connectivity index (χ1) is 13.5. The largest absolute Gasteiger partial charge is 0.395 e. The number of carbonyl (C=O) groups is 2. The average molecular weight is 406 g/mol. The van der Waals surface area contributed by atoms with Crippen LogP contribution >= 0.6 is 11.8 Å². The molecule has 0 saturated carbocycles. The minimum absolute atomic E-state index is 0.166. The number of anilines is 1. The Hall–Kier alpha value is -2.42. The first kappa shape index (κ1) is 21.9. The number of aliphatic hydroxyl groups is 2. The first-order valence-corrected chi connectivity index (χ1v) is 9.92. The van der Waals surface area contributed by atoms with E-state index in [2.05, 4.69) is 5.32 Å². The van der Waals surface area contributed by atoms with Gasteiger partial charge in [0.05, 0.1) is 19.0 Å². The molecule has 0 saturated heterocycles. The summed E-state index contributed by atoms with van der Waals surface area (Å²) in [7, 11) is 0. The maximum atomic E-state index is 12.9. The van der Waals surface area contributed by atoms with E-state index in [9.17, 15) is 14.0 Å². The molecule has 0 aliphatic carbocycles. The lowest BCUT2D eigenvalue weighted by atomic mass is 10.1. The van der Waals surface area contributed by atoms with E-state index in [0.717, 1.165) is 5.56 Å². The van der Waals surface area contributed by atoms with Crippen LogP contribution in [0.4, 0.5) is 10.1 Å². The highest BCUT2D eigenvalue weighted by atomic mass is 32.2. The molecule has 2 amide bonds. The molecule has 0 radical (unpaired) electrons. The van der Waals surface area contributed by atoms with E-state index in [0.29, 0.717) is 17.0 Å². The monoisotopic (exact) mass is 406 g/mol. The summed E-state index contributed by atoms with van der Waals surface area (Å²) in [6, 6.07) is 12.6. The van der Waals surface area contributed by atoms with E-state index in [-0.39, 0.29) is 49.7 Å². The van der Waals surface area contributed by atoms with E-state index in [1.165, 1.54) is 40.9 Å². The van der Waals surface area contributed by atoms with E-state index in [1.54, 1.807) is 12.1 Å². The van der Waals surface area contributed by atoms with Crippen molar-refractivity contribution in [2.45, 2.75) is 5.75 Å². The Balaban J connectivity index is 1.81. The molecule has 0 bridgehead atoms. The lowest BCUT2D eigenvalue weighted by Crippen LogP contribution is -2.35. The Morgan fingerprint density at radius 2 is 1.57 bits per heavy atom. The molecule has 0 unspecified atom stereocenters. The van der Waals surface area contributed by atoms with Crippen LogP contribution in [0, 0.1) is 5.82 Å². The minimum atomic E-state index is -0.356. The van der Waals surface area contributed by atoms with Crippen molar-refractivity contribution in [1.82, 2.24) is 4.90 Å². The second-order valence-electron chi connectivity index (χ2n) is 5.98. The Bertz CT molecular complexity index is 763. The zero-order valence-corrected chi connectivity index (χ0v) is 16.1. The van der Waals surface area contributed by atoms with Gasteiger partial charge in [0.15, 0.2) is 0 Å². The van der Waals surface area contributed by atoms with Crippen molar-refractivity contribution in [3.8, 4) is 0 Å². The van der Waals surface area contributed by atoms with E-state index in [4.69, 9.17) is 10.2 Å². The highest BCUT2D eigenvalue weighted by Crippen LogP contribution is 2.15. The number of nitrogens with zero attached hydrogens (tertiary/aromatic N) is 1. The summed E-state index contributed by atoms with van der Waals surface area (Å²) in [6.07, 6.45) is 0. The number of hydrogen-bond donors (Lipinski definition) is 3. The van der Waals surface area contributed by atoms with Crippen LogP contribution in [0.25, 0.3) is 0 Å². The summed E-state index contributed by atoms with van der Waals surface area (Å²) in [6.45, 7) is 0.00122. The summed E-state index contributed by atoms with van der Waals surface area (Å²) >= 11 is 1.43.